The van der Waals surface area contributed by atoms with E-state index in [0.717, 1.165) is 17.7 Å². The van der Waals surface area contributed by atoms with Crippen LogP contribution in [-0.4, -0.2) is 12.0 Å². The second kappa shape index (κ2) is 8.68. The number of amides is 1. The molecule has 1 amide bonds. The van der Waals surface area contributed by atoms with Crippen molar-refractivity contribution < 1.29 is 9.53 Å². The van der Waals surface area contributed by atoms with Gasteiger partial charge in [-0.1, -0.05) is 48.5 Å². The highest BCUT2D eigenvalue weighted by Crippen LogP contribution is 2.20. The second-order valence-corrected chi connectivity index (χ2v) is 6.21. The molecule has 0 bridgehead atoms. The van der Waals surface area contributed by atoms with Crippen LogP contribution in [0.3, 0.4) is 0 Å². The van der Waals surface area contributed by atoms with Crippen LogP contribution in [0.15, 0.2) is 78.9 Å². The molecule has 3 rings (SSSR count). The Morgan fingerprint density at radius 2 is 1.67 bits per heavy atom. The Morgan fingerprint density at radius 1 is 1.00 bits per heavy atom. The van der Waals surface area contributed by atoms with E-state index in [1.54, 1.807) is 31.2 Å². The number of nitrogens with zero attached hydrogens (tertiary/aromatic N) is 1. The van der Waals surface area contributed by atoms with E-state index in [2.05, 4.69) is 23.5 Å². The van der Waals surface area contributed by atoms with E-state index in [0.29, 0.717) is 11.3 Å². The zero-order valence-electron chi connectivity index (χ0n) is 15.1. The fraction of sp³-hybridized carbons (Fsp3) is 0.130. The molecule has 0 heterocycles. The molecule has 0 fully saturated rings. The standard InChI is InChI=1S/C23H20N2O2/c1-17(27-21-13-11-19(16-24)12-14-21)23(26)25-22-10-6-5-9-20(22)15-18-7-3-2-4-8-18/h2-14,17H,15H2,1H3,(H,25,26)/t17-/m1/s1. The summed E-state index contributed by atoms with van der Waals surface area (Å²) in [5, 5.41) is 11.8. The molecule has 0 aliphatic heterocycles. The summed E-state index contributed by atoms with van der Waals surface area (Å²) in [7, 11) is 0. The van der Waals surface area contributed by atoms with E-state index in [9.17, 15) is 4.79 Å². The Morgan fingerprint density at radius 3 is 2.37 bits per heavy atom. The molecule has 0 aliphatic rings. The molecule has 134 valence electrons. The quantitative estimate of drug-likeness (QED) is 0.704. The lowest BCUT2D eigenvalue weighted by Crippen LogP contribution is -2.30. The minimum absolute atomic E-state index is 0.222. The summed E-state index contributed by atoms with van der Waals surface area (Å²) in [6, 6.07) is 26.6. The van der Waals surface area contributed by atoms with Gasteiger partial charge in [0.15, 0.2) is 6.10 Å². The summed E-state index contributed by atoms with van der Waals surface area (Å²) >= 11 is 0. The molecule has 0 aromatic heterocycles. The van der Waals surface area contributed by atoms with Crippen LogP contribution >= 0.6 is 0 Å². The van der Waals surface area contributed by atoms with Crippen LogP contribution in [0.4, 0.5) is 5.69 Å². The third kappa shape index (κ3) is 4.96. The van der Waals surface area contributed by atoms with Crippen molar-refractivity contribution in [2.75, 3.05) is 5.32 Å². The van der Waals surface area contributed by atoms with Gasteiger partial charge in [0.25, 0.3) is 5.91 Å². The summed E-state index contributed by atoms with van der Waals surface area (Å²) in [5.74, 6) is 0.328. The number of anilines is 1. The maximum absolute atomic E-state index is 12.6. The molecular formula is C23H20N2O2. The zero-order chi connectivity index (χ0) is 19.1. The number of carbonyl (C=O) groups is 1. The normalized spacial score (nSPS) is 11.3. The van der Waals surface area contributed by atoms with E-state index >= 15 is 0 Å². The fourth-order valence-electron chi connectivity index (χ4n) is 2.71. The molecule has 0 aliphatic carbocycles. The number of carbonyl (C=O) groups excluding carboxylic acids is 1. The van der Waals surface area contributed by atoms with Gasteiger partial charge in [-0.15, -0.1) is 0 Å². The molecule has 0 spiro atoms. The Balaban J connectivity index is 1.67. The van der Waals surface area contributed by atoms with Crippen LogP contribution in [0.1, 0.15) is 23.6 Å². The Bertz CT molecular complexity index is 944. The number of hydrogen-bond acceptors (Lipinski definition) is 3. The maximum atomic E-state index is 12.6. The number of para-hydroxylation sites is 1. The highest BCUT2D eigenvalue weighted by atomic mass is 16.5. The summed E-state index contributed by atoms with van der Waals surface area (Å²) < 4.78 is 5.68. The van der Waals surface area contributed by atoms with Crippen molar-refractivity contribution in [3.63, 3.8) is 0 Å². The molecule has 0 radical (unpaired) electrons. The smallest absolute Gasteiger partial charge is 0.265 e. The lowest BCUT2D eigenvalue weighted by Gasteiger charge is -2.16. The molecule has 3 aromatic rings. The van der Waals surface area contributed by atoms with Crippen LogP contribution in [-0.2, 0) is 11.2 Å². The van der Waals surface area contributed by atoms with Crippen molar-refractivity contribution in [1.29, 1.82) is 5.26 Å². The predicted octanol–water partition coefficient (Wildman–Crippen LogP) is 4.56. The number of hydrogen-bond donors (Lipinski definition) is 1. The minimum atomic E-state index is -0.664. The average Bonchev–Trinajstić information content (AvgIpc) is 2.71. The van der Waals surface area contributed by atoms with Crippen molar-refractivity contribution in [3.05, 3.63) is 95.6 Å². The molecule has 0 saturated heterocycles. The van der Waals surface area contributed by atoms with Gasteiger partial charge < -0.3 is 10.1 Å². The Hall–Kier alpha value is -3.58. The Kier molecular flexibility index (Phi) is 5.86. The van der Waals surface area contributed by atoms with Gasteiger partial charge in [0, 0.05) is 5.69 Å². The molecule has 27 heavy (non-hydrogen) atoms. The number of nitrogens with one attached hydrogen (secondary N) is 1. The molecule has 1 atom stereocenters. The summed E-state index contributed by atoms with van der Waals surface area (Å²) in [6.45, 7) is 1.70. The maximum Gasteiger partial charge on any atom is 0.265 e. The van der Waals surface area contributed by atoms with Crippen LogP contribution in [0.2, 0.25) is 0 Å². The molecule has 4 nitrogen and oxygen atoms in total. The van der Waals surface area contributed by atoms with Gasteiger partial charge in [-0.05, 0) is 54.8 Å². The third-order valence-electron chi connectivity index (χ3n) is 4.18. The highest BCUT2D eigenvalue weighted by Gasteiger charge is 2.16. The first-order valence-corrected chi connectivity index (χ1v) is 8.75. The first-order chi connectivity index (χ1) is 13.2. The van der Waals surface area contributed by atoms with Gasteiger partial charge in [-0.25, -0.2) is 0 Å². The van der Waals surface area contributed by atoms with Gasteiger partial charge in [0.1, 0.15) is 5.75 Å². The van der Waals surface area contributed by atoms with E-state index in [4.69, 9.17) is 10.00 Å². The van der Waals surface area contributed by atoms with Crippen LogP contribution < -0.4 is 10.1 Å². The van der Waals surface area contributed by atoms with Crippen molar-refractivity contribution >= 4 is 11.6 Å². The van der Waals surface area contributed by atoms with Crippen molar-refractivity contribution in [1.82, 2.24) is 0 Å². The molecular weight excluding hydrogens is 336 g/mol. The number of nitriles is 1. The van der Waals surface area contributed by atoms with Crippen LogP contribution in [0.25, 0.3) is 0 Å². The Labute approximate surface area is 159 Å². The van der Waals surface area contributed by atoms with Gasteiger partial charge in [0.05, 0.1) is 11.6 Å². The van der Waals surface area contributed by atoms with E-state index < -0.39 is 6.10 Å². The number of benzene rings is 3. The summed E-state index contributed by atoms with van der Waals surface area (Å²) in [5.41, 5.74) is 3.56. The molecule has 3 aromatic carbocycles. The number of ether oxygens (including phenoxy) is 1. The van der Waals surface area contributed by atoms with Crippen molar-refractivity contribution in [3.8, 4) is 11.8 Å². The number of rotatable bonds is 6. The summed E-state index contributed by atoms with van der Waals surface area (Å²) in [4.78, 5) is 12.6. The first kappa shape index (κ1) is 18.2. The van der Waals surface area contributed by atoms with Crippen LogP contribution in [0, 0.1) is 11.3 Å². The van der Waals surface area contributed by atoms with Crippen molar-refractivity contribution in [2.45, 2.75) is 19.4 Å². The van der Waals surface area contributed by atoms with Crippen molar-refractivity contribution in [2.24, 2.45) is 0 Å². The monoisotopic (exact) mass is 356 g/mol. The van der Waals surface area contributed by atoms with E-state index in [1.807, 2.05) is 42.5 Å². The lowest BCUT2D eigenvalue weighted by molar-refractivity contribution is -0.122. The van der Waals surface area contributed by atoms with Crippen LogP contribution in [0.5, 0.6) is 5.75 Å². The molecule has 0 unspecified atom stereocenters. The summed E-state index contributed by atoms with van der Waals surface area (Å²) in [6.07, 6.45) is 0.0741. The highest BCUT2D eigenvalue weighted by molar-refractivity contribution is 5.94. The third-order valence-corrected chi connectivity index (χ3v) is 4.18. The average molecular weight is 356 g/mol. The SMILES string of the molecule is C[C@@H](Oc1ccc(C#N)cc1)C(=O)Nc1ccccc1Cc1ccccc1. The largest absolute Gasteiger partial charge is 0.481 e. The minimum Gasteiger partial charge on any atom is -0.481 e. The molecule has 0 saturated carbocycles. The zero-order valence-corrected chi connectivity index (χ0v) is 15.1. The molecule has 1 N–H and O–H groups in total. The van der Waals surface area contributed by atoms with Gasteiger partial charge in [-0.3, -0.25) is 4.79 Å². The predicted molar refractivity (Wildman–Crippen MR) is 106 cm³/mol. The van der Waals surface area contributed by atoms with E-state index in [1.165, 1.54) is 5.56 Å². The fourth-order valence-corrected chi connectivity index (χ4v) is 2.71. The van der Waals surface area contributed by atoms with Gasteiger partial charge >= 0.3 is 0 Å². The van der Waals surface area contributed by atoms with Gasteiger partial charge in [-0.2, -0.15) is 5.26 Å². The second-order valence-electron chi connectivity index (χ2n) is 6.21. The lowest BCUT2D eigenvalue weighted by atomic mass is 10.0. The first-order valence-electron chi connectivity index (χ1n) is 8.75. The molecule has 4 heteroatoms. The van der Waals surface area contributed by atoms with Gasteiger partial charge in [0.2, 0.25) is 0 Å². The topological polar surface area (TPSA) is 62.1 Å². The van der Waals surface area contributed by atoms with E-state index in [-0.39, 0.29) is 5.91 Å².